The lowest BCUT2D eigenvalue weighted by molar-refractivity contribution is 0.365. The maximum atomic E-state index is 5.91. The first-order valence-corrected chi connectivity index (χ1v) is 4.46. The molecular formula is C10H15N3. The van der Waals surface area contributed by atoms with E-state index in [4.69, 9.17) is 11.5 Å². The number of anilines is 2. The second-order valence-electron chi connectivity index (χ2n) is 4.10. The minimum atomic E-state index is -0.0125. The molecule has 1 aromatic carbocycles. The van der Waals surface area contributed by atoms with Gasteiger partial charge >= 0.3 is 0 Å². The molecule has 4 N–H and O–H groups in total. The van der Waals surface area contributed by atoms with Gasteiger partial charge in [0.05, 0.1) is 0 Å². The summed E-state index contributed by atoms with van der Waals surface area (Å²) in [4.78, 5) is 2.25. The van der Waals surface area contributed by atoms with Crippen molar-refractivity contribution in [1.82, 2.24) is 0 Å². The molecule has 70 valence electrons. The molecule has 0 amide bonds. The van der Waals surface area contributed by atoms with E-state index in [9.17, 15) is 0 Å². The van der Waals surface area contributed by atoms with Crippen LogP contribution in [-0.4, -0.2) is 18.6 Å². The molecule has 0 saturated carbocycles. The Morgan fingerprint density at radius 2 is 1.77 bits per heavy atom. The third-order valence-corrected chi connectivity index (χ3v) is 2.36. The van der Waals surface area contributed by atoms with Crippen molar-refractivity contribution in [2.75, 3.05) is 23.7 Å². The average molecular weight is 177 g/mol. The third kappa shape index (κ3) is 1.60. The summed E-state index contributed by atoms with van der Waals surface area (Å²) in [5.41, 5.74) is 13.5. The number of nitrogens with zero attached hydrogens (tertiary/aromatic N) is 1. The molecule has 3 heteroatoms. The lowest BCUT2D eigenvalue weighted by Crippen LogP contribution is -2.65. The fourth-order valence-electron chi connectivity index (χ4n) is 1.69. The Kier molecular flexibility index (Phi) is 1.70. The van der Waals surface area contributed by atoms with Crippen LogP contribution >= 0.6 is 0 Å². The van der Waals surface area contributed by atoms with Gasteiger partial charge in [-0.2, -0.15) is 0 Å². The molecule has 0 radical (unpaired) electrons. The number of benzene rings is 1. The molecule has 1 aliphatic rings. The van der Waals surface area contributed by atoms with Gasteiger partial charge in [0.15, 0.2) is 0 Å². The first-order valence-electron chi connectivity index (χ1n) is 4.46. The lowest BCUT2D eigenvalue weighted by atomic mass is 9.93. The van der Waals surface area contributed by atoms with Crippen molar-refractivity contribution in [2.45, 2.75) is 12.5 Å². The SMILES string of the molecule is CC1(N)CN(c2ccc(N)cc2)C1. The van der Waals surface area contributed by atoms with Crippen molar-refractivity contribution in [3.63, 3.8) is 0 Å². The normalized spacial score (nSPS) is 19.7. The van der Waals surface area contributed by atoms with E-state index >= 15 is 0 Å². The van der Waals surface area contributed by atoms with Crippen molar-refractivity contribution in [3.8, 4) is 0 Å². The molecule has 0 spiro atoms. The maximum absolute atomic E-state index is 5.91. The Morgan fingerprint density at radius 3 is 2.23 bits per heavy atom. The van der Waals surface area contributed by atoms with Gasteiger partial charge in [-0.3, -0.25) is 0 Å². The number of hydrogen-bond donors (Lipinski definition) is 2. The molecule has 0 unspecified atom stereocenters. The highest BCUT2D eigenvalue weighted by molar-refractivity contribution is 5.55. The summed E-state index contributed by atoms with van der Waals surface area (Å²) < 4.78 is 0. The number of rotatable bonds is 1. The zero-order valence-electron chi connectivity index (χ0n) is 7.83. The molecule has 0 aliphatic carbocycles. The Labute approximate surface area is 78.3 Å². The molecule has 0 atom stereocenters. The van der Waals surface area contributed by atoms with Gasteiger partial charge in [0.2, 0.25) is 0 Å². The Bertz CT molecular complexity index is 294. The number of nitrogen functional groups attached to an aromatic ring is 1. The number of nitrogens with two attached hydrogens (primary N) is 2. The van der Waals surface area contributed by atoms with Gasteiger partial charge in [-0.05, 0) is 31.2 Å². The van der Waals surface area contributed by atoms with Crippen LogP contribution in [0.3, 0.4) is 0 Å². The van der Waals surface area contributed by atoms with Crippen molar-refractivity contribution in [1.29, 1.82) is 0 Å². The minimum absolute atomic E-state index is 0.0125. The maximum Gasteiger partial charge on any atom is 0.0481 e. The van der Waals surface area contributed by atoms with E-state index in [-0.39, 0.29) is 5.54 Å². The van der Waals surface area contributed by atoms with Gasteiger partial charge in [-0.15, -0.1) is 0 Å². The first-order chi connectivity index (χ1) is 6.07. The van der Waals surface area contributed by atoms with Crippen LogP contribution < -0.4 is 16.4 Å². The van der Waals surface area contributed by atoms with Gasteiger partial charge in [-0.25, -0.2) is 0 Å². The van der Waals surface area contributed by atoms with Crippen LogP contribution in [-0.2, 0) is 0 Å². The smallest absolute Gasteiger partial charge is 0.0481 e. The van der Waals surface area contributed by atoms with Crippen molar-refractivity contribution in [2.24, 2.45) is 5.73 Å². The molecule has 0 aromatic heterocycles. The highest BCUT2D eigenvalue weighted by atomic mass is 15.2. The molecule has 1 aromatic rings. The van der Waals surface area contributed by atoms with Crippen LogP contribution in [0, 0.1) is 0 Å². The predicted molar refractivity (Wildman–Crippen MR) is 55.7 cm³/mol. The topological polar surface area (TPSA) is 55.3 Å². The fourth-order valence-corrected chi connectivity index (χ4v) is 1.69. The third-order valence-electron chi connectivity index (χ3n) is 2.36. The van der Waals surface area contributed by atoms with E-state index in [0.29, 0.717) is 0 Å². The van der Waals surface area contributed by atoms with Crippen molar-refractivity contribution in [3.05, 3.63) is 24.3 Å². The standard InChI is InChI=1S/C10H15N3/c1-10(12)6-13(7-10)9-4-2-8(11)3-5-9/h2-5H,6-7,11-12H2,1H3. The summed E-state index contributed by atoms with van der Waals surface area (Å²) in [6.45, 7) is 3.93. The monoisotopic (exact) mass is 177 g/mol. The van der Waals surface area contributed by atoms with Gasteiger partial charge in [0, 0.05) is 30.0 Å². The summed E-state index contributed by atoms with van der Waals surface area (Å²) in [6, 6.07) is 7.90. The van der Waals surface area contributed by atoms with E-state index < -0.39 is 0 Å². The quantitative estimate of drug-likeness (QED) is 0.624. The van der Waals surface area contributed by atoms with Crippen molar-refractivity contribution < 1.29 is 0 Å². The van der Waals surface area contributed by atoms with E-state index in [0.717, 1.165) is 18.8 Å². The molecule has 3 nitrogen and oxygen atoms in total. The summed E-state index contributed by atoms with van der Waals surface area (Å²) in [5.74, 6) is 0. The van der Waals surface area contributed by atoms with Gasteiger partial charge in [0.1, 0.15) is 0 Å². The fraction of sp³-hybridized carbons (Fsp3) is 0.400. The van der Waals surface area contributed by atoms with Gasteiger partial charge in [0.25, 0.3) is 0 Å². The Morgan fingerprint density at radius 1 is 1.23 bits per heavy atom. The van der Waals surface area contributed by atoms with Crippen LogP contribution in [0.2, 0.25) is 0 Å². The highest BCUT2D eigenvalue weighted by Gasteiger charge is 2.34. The van der Waals surface area contributed by atoms with Crippen LogP contribution in [0.4, 0.5) is 11.4 Å². The van der Waals surface area contributed by atoms with Crippen molar-refractivity contribution >= 4 is 11.4 Å². The summed E-state index contributed by atoms with van der Waals surface area (Å²) >= 11 is 0. The molecule has 2 rings (SSSR count). The van der Waals surface area contributed by atoms with E-state index in [1.807, 2.05) is 24.3 Å². The van der Waals surface area contributed by atoms with E-state index in [1.165, 1.54) is 5.69 Å². The molecule has 1 heterocycles. The van der Waals surface area contributed by atoms with Gasteiger partial charge in [-0.1, -0.05) is 0 Å². The van der Waals surface area contributed by atoms with Gasteiger partial charge < -0.3 is 16.4 Å². The predicted octanol–water partition coefficient (Wildman–Crippen LogP) is 0.806. The van der Waals surface area contributed by atoms with Crippen LogP contribution in [0.15, 0.2) is 24.3 Å². The second kappa shape index (κ2) is 2.64. The average Bonchev–Trinajstić information content (AvgIpc) is 2.01. The van der Waals surface area contributed by atoms with Crippen LogP contribution in [0.5, 0.6) is 0 Å². The molecule has 0 bridgehead atoms. The molecule has 1 saturated heterocycles. The summed E-state index contributed by atoms with van der Waals surface area (Å²) in [5, 5.41) is 0. The second-order valence-corrected chi connectivity index (χ2v) is 4.10. The highest BCUT2D eigenvalue weighted by Crippen LogP contribution is 2.25. The number of hydrogen-bond acceptors (Lipinski definition) is 3. The van der Waals surface area contributed by atoms with E-state index in [1.54, 1.807) is 0 Å². The Hall–Kier alpha value is -1.22. The van der Waals surface area contributed by atoms with Crippen LogP contribution in [0.1, 0.15) is 6.92 Å². The first kappa shape index (κ1) is 8.38. The molecule has 13 heavy (non-hydrogen) atoms. The molecular weight excluding hydrogens is 162 g/mol. The largest absolute Gasteiger partial charge is 0.399 e. The summed E-state index contributed by atoms with van der Waals surface area (Å²) in [7, 11) is 0. The zero-order valence-corrected chi connectivity index (χ0v) is 7.83. The van der Waals surface area contributed by atoms with Crippen LogP contribution in [0.25, 0.3) is 0 Å². The molecule has 1 aliphatic heterocycles. The van der Waals surface area contributed by atoms with E-state index in [2.05, 4.69) is 11.8 Å². The molecule has 1 fully saturated rings. The zero-order chi connectivity index (χ0) is 9.47. The minimum Gasteiger partial charge on any atom is -0.399 e. The lowest BCUT2D eigenvalue weighted by Gasteiger charge is -2.47. The summed E-state index contributed by atoms with van der Waals surface area (Å²) in [6.07, 6.45) is 0. The Balaban J connectivity index is 2.08.